The molecule has 0 N–H and O–H groups in total. The molecule has 1 fully saturated rings. The Hall–Kier alpha value is -0.210. The summed E-state index contributed by atoms with van der Waals surface area (Å²) in [4.78, 5) is 2.55. The Morgan fingerprint density at radius 3 is 2.94 bits per heavy atom. The minimum Gasteiger partial charge on any atom is -0.367 e. The maximum atomic E-state index is 6.44. The van der Waals surface area contributed by atoms with Gasteiger partial charge in [-0.25, -0.2) is 0 Å². The zero-order valence-corrected chi connectivity index (χ0v) is 13.3. The Balaban J connectivity index is 2.32. The summed E-state index contributed by atoms with van der Waals surface area (Å²) >= 11 is 10.0. The Bertz CT molecular complexity index is 392. The van der Waals surface area contributed by atoms with Crippen molar-refractivity contribution < 1.29 is 0 Å². The number of rotatable bonds is 4. The topological polar surface area (TPSA) is 3.24 Å². The molecule has 2 rings (SSSR count). The van der Waals surface area contributed by atoms with Crippen LogP contribution in [0, 0.1) is 0 Å². The predicted molar refractivity (Wildman–Crippen MR) is 84.0 cm³/mol. The molecule has 3 heteroatoms. The first kappa shape index (κ1) is 14.2. The summed E-state index contributed by atoms with van der Waals surface area (Å²) in [6.07, 6.45) is 6.46. The van der Waals surface area contributed by atoms with E-state index < -0.39 is 0 Å². The molecular weight excluding hydrogens is 310 g/mol. The van der Waals surface area contributed by atoms with Crippen molar-refractivity contribution in [1.82, 2.24) is 0 Å². The van der Waals surface area contributed by atoms with E-state index in [0.29, 0.717) is 6.04 Å². The smallest absolute Gasteiger partial charge is 0.0642 e. The van der Waals surface area contributed by atoms with E-state index in [0.717, 1.165) is 16.9 Å². The summed E-state index contributed by atoms with van der Waals surface area (Å²) in [7, 11) is 0. The Morgan fingerprint density at radius 2 is 2.22 bits per heavy atom. The van der Waals surface area contributed by atoms with Gasteiger partial charge in [-0.3, -0.25) is 0 Å². The standard InChI is InChI=1S/C15H21BrClN/c1-2-6-13-8-3-4-10-18(13)15-12(11-16)7-5-9-14(15)17/h5,7,9,13H,2-4,6,8,10-11H2,1H3. The van der Waals surface area contributed by atoms with E-state index in [1.807, 2.05) is 12.1 Å². The van der Waals surface area contributed by atoms with E-state index in [2.05, 4.69) is 33.8 Å². The zero-order chi connectivity index (χ0) is 13.0. The highest BCUT2D eigenvalue weighted by atomic mass is 79.9. The first-order valence-electron chi connectivity index (χ1n) is 6.88. The molecule has 1 heterocycles. The number of hydrogen-bond acceptors (Lipinski definition) is 1. The van der Waals surface area contributed by atoms with Crippen LogP contribution >= 0.6 is 27.5 Å². The molecule has 0 saturated carbocycles. The van der Waals surface area contributed by atoms with Crippen LogP contribution in [-0.2, 0) is 5.33 Å². The van der Waals surface area contributed by atoms with Crippen molar-refractivity contribution in [2.75, 3.05) is 11.4 Å². The zero-order valence-electron chi connectivity index (χ0n) is 11.0. The number of halogens is 2. The largest absolute Gasteiger partial charge is 0.367 e. The van der Waals surface area contributed by atoms with Crippen molar-refractivity contribution >= 4 is 33.2 Å². The van der Waals surface area contributed by atoms with E-state index in [-0.39, 0.29) is 0 Å². The van der Waals surface area contributed by atoms with Crippen molar-refractivity contribution in [2.45, 2.75) is 50.4 Å². The van der Waals surface area contributed by atoms with E-state index in [4.69, 9.17) is 11.6 Å². The lowest BCUT2D eigenvalue weighted by Gasteiger charge is -2.39. The predicted octanol–water partition coefficient (Wildman–Crippen LogP) is 5.39. The van der Waals surface area contributed by atoms with Crippen molar-refractivity contribution in [1.29, 1.82) is 0 Å². The van der Waals surface area contributed by atoms with Crippen LogP contribution in [0.5, 0.6) is 0 Å². The molecule has 1 nitrogen and oxygen atoms in total. The van der Waals surface area contributed by atoms with Crippen molar-refractivity contribution in [3.8, 4) is 0 Å². The van der Waals surface area contributed by atoms with Gasteiger partial charge in [-0.05, 0) is 37.3 Å². The summed E-state index contributed by atoms with van der Waals surface area (Å²) in [6.45, 7) is 3.42. The van der Waals surface area contributed by atoms with E-state index in [9.17, 15) is 0 Å². The van der Waals surface area contributed by atoms with Gasteiger partial charge in [0.25, 0.3) is 0 Å². The number of benzene rings is 1. The van der Waals surface area contributed by atoms with Gasteiger partial charge >= 0.3 is 0 Å². The van der Waals surface area contributed by atoms with Crippen LogP contribution in [0.1, 0.15) is 44.6 Å². The first-order chi connectivity index (χ1) is 8.77. The second kappa shape index (κ2) is 6.81. The van der Waals surface area contributed by atoms with Crippen LogP contribution in [0.15, 0.2) is 18.2 Å². The molecule has 0 aliphatic carbocycles. The van der Waals surface area contributed by atoms with Crippen LogP contribution in [0.2, 0.25) is 5.02 Å². The molecular formula is C15H21BrClN. The van der Waals surface area contributed by atoms with Gasteiger partial charge in [0.05, 0.1) is 10.7 Å². The van der Waals surface area contributed by atoms with Gasteiger partial charge < -0.3 is 4.90 Å². The van der Waals surface area contributed by atoms with Crippen molar-refractivity contribution in [3.05, 3.63) is 28.8 Å². The van der Waals surface area contributed by atoms with E-state index in [1.165, 1.54) is 43.4 Å². The van der Waals surface area contributed by atoms with Crippen molar-refractivity contribution in [2.24, 2.45) is 0 Å². The molecule has 1 aromatic rings. The molecule has 1 aliphatic heterocycles. The Kier molecular flexibility index (Phi) is 5.38. The lowest BCUT2D eigenvalue weighted by molar-refractivity contribution is 0.434. The summed E-state index contributed by atoms with van der Waals surface area (Å²) in [5, 5.41) is 1.77. The molecule has 0 bridgehead atoms. The van der Waals surface area contributed by atoms with Crippen LogP contribution in [0.4, 0.5) is 5.69 Å². The van der Waals surface area contributed by atoms with Gasteiger partial charge in [0.2, 0.25) is 0 Å². The molecule has 18 heavy (non-hydrogen) atoms. The molecule has 1 aliphatic rings. The van der Waals surface area contributed by atoms with Crippen molar-refractivity contribution in [3.63, 3.8) is 0 Å². The third-order valence-electron chi connectivity index (χ3n) is 3.75. The summed E-state index contributed by atoms with van der Waals surface area (Å²) < 4.78 is 0. The van der Waals surface area contributed by atoms with Gasteiger partial charge in [-0.15, -0.1) is 0 Å². The molecule has 1 atom stereocenters. The minimum absolute atomic E-state index is 0.668. The van der Waals surface area contributed by atoms with Crippen LogP contribution < -0.4 is 4.90 Å². The van der Waals surface area contributed by atoms with Crippen LogP contribution in [-0.4, -0.2) is 12.6 Å². The number of alkyl halides is 1. The minimum atomic E-state index is 0.668. The summed E-state index contributed by atoms with van der Waals surface area (Å²) in [6, 6.07) is 6.90. The lowest BCUT2D eigenvalue weighted by atomic mass is 9.96. The maximum Gasteiger partial charge on any atom is 0.0642 e. The second-order valence-electron chi connectivity index (χ2n) is 5.01. The average molecular weight is 331 g/mol. The maximum absolute atomic E-state index is 6.44. The third kappa shape index (κ3) is 3.03. The van der Waals surface area contributed by atoms with Gasteiger partial charge in [0.1, 0.15) is 0 Å². The normalized spacial score (nSPS) is 20.2. The average Bonchev–Trinajstić information content (AvgIpc) is 2.40. The number of hydrogen-bond donors (Lipinski definition) is 0. The lowest BCUT2D eigenvalue weighted by Crippen LogP contribution is -2.40. The fraction of sp³-hybridized carbons (Fsp3) is 0.600. The summed E-state index contributed by atoms with van der Waals surface area (Å²) in [5.74, 6) is 0. The van der Waals surface area contributed by atoms with Gasteiger partial charge in [0.15, 0.2) is 0 Å². The molecule has 0 aromatic heterocycles. The SMILES string of the molecule is CCCC1CCCCN1c1c(Cl)cccc1CBr. The fourth-order valence-electron chi connectivity index (χ4n) is 2.92. The van der Waals surface area contributed by atoms with Gasteiger partial charge in [-0.2, -0.15) is 0 Å². The molecule has 1 saturated heterocycles. The molecule has 0 radical (unpaired) electrons. The molecule has 100 valence electrons. The molecule has 0 spiro atoms. The Morgan fingerprint density at radius 1 is 1.39 bits per heavy atom. The van der Waals surface area contributed by atoms with Crippen LogP contribution in [0.3, 0.4) is 0 Å². The third-order valence-corrected chi connectivity index (χ3v) is 4.66. The Labute approximate surface area is 124 Å². The quantitative estimate of drug-likeness (QED) is 0.669. The van der Waals surface area contributed by atoms with E-state index >= 15 is 0 Å². The number of anilines is 1. The van der Waals surface area contributed by atoms with Crippen LogP contribution in [0.25, 0.3) is 0 Å². The highest BCUT2D eigenvalue weighted by Crippen LogP contribution is 2.36. The monoisotopic (exact) mass is 329 g/mol. The molecule has 1 aromatic carbocycles. The van der Waals surface area contributed by atoms with Gasteiger partial charge in [0, 0.05) is 17.9 Å². The molecule has 0 amide bonds. The highest BCUT2D eigenvalue weighted by Gasteiger charge is 2.25. The first-order valence-corrected chi connectivity index (χ1v) is 8.37. The number of nitrogens with zero attached hydrogens (tertiary/aromatic N) is 1. The number of para-hydroxylation sites is 1. The second-order valence-corrected chi connectivity index (χ2v) is 5.98. The number of piperidine rings is 1. The summed E-state index contributed by atoms with van der Waals surface area (Å²) in [5.41, 5.74) is 2.57. The molecule has 1 unspecified atom stereocenters. The van der Waals surface area contributed by atoms with Gasteiger partial charge in [-0.1, -0.05) is 53.0 Å². The fourth-order valence-corrected chi connectivity index (χ4v) is 3.67. The highest BCUT2D eigenvalue weighted by molar-refractivity contribution is 9.08. The van der Waals surface area contributed by atoms with E-state index in [1.54, 1.807) is 0 Å².